The van der Waals surface area contributed by atoms with Gasteiger partial charge in [-0.1, -0.05) is 35.2 Å². The Balaban J connectivity index is 2.43. The Hall–Kier alpha value is 0.300. The summed E-state index contributed by atoms with van der Waals surface area (Å²) < 4.78 is 24.4. The van der Waals surface area contributed by atoms with Gasteiger partial charge in [0.2, 0.25) is 0 Å². The lowest BCUT2D eigenvalue weighted by Crippen LogP contribution is -2.40. The monoisotopic (exact) mass is 283 g/mol. The van der Waals surface area contributed by atoms with E-state index >= 15 is 0 Å². The van der Waals surface area contributed by atoms with Gasteiger partial charge in [0.05, 0.1) is 6.54 Å². The summed E-state index contributed by atoms with van der Waals surface area (Å²) >= 11 is 3.55. The van der Waals surface area contributed by atoms with Crippen LogP contribution in [0.25, 0.3) is 0 Å². The molecule has 90 valence electrons. The van der Waals surface area contributed by atoms with Crippen LogP contribution in [0.2, 0.25) is 0 Å². The molecule has 1 fully saturated rings. The molecule has 0 aromatic rings. The lowest BCUT2D eigenvalue weighted by Gasteiger charge is -2.38. The lowest BCUT2D eigenvalue weighted by atomic mass is 9.75. The fourth-order valence-electron chi connectivity index (χ4n) is 2.51. The van der Waals surface area contributed by atoms with Crippen LogP contribution in [0, 0.1) is 5.41 Å². The maximum Gasteiger partial charge on any atom is 0.251 e. The zero-order chi connectivity index (χ0) is 11.3. The molecule has 15 heavy (non-hydrogen) atoms. The second-order valence-corrected chi connectivity index (χ2v) is 5.34. The summed E-state index contributed by atoms with van der Waals surface area (Å²) in [6.07, 6.45) is 3.92. The molecule has 0 aliphatic heterocycles. The normalized spacial score (nSPS) is 21.2. The van der Waals surface area contributed by atoms with Crippen LogP contribution in [0.4, 0.5) is 8.78 Å². The van der Waals surface area contributed by atoms with Gasteiger partial charge in [0.1, 0.15) is 0 Å². The van der Waals surface area contributed by atoms with E-state index in [0.29, 0.717) is 0 Å². The first-order chi connectivity index (χ1) is 7.08. The van der Waals surface area contributed by atoms with Gasteiger partial charge >= 0.3 is 0 Å². The Labute approximate surface area is 99.3 Å². The maximum atomic E-state index is 12.2. The molecule has 0 heterocycles. The van der Waals surface area contributed by atoms with Crippen molar-refractivity contribution in [2.45, 2.75) is 38.5 Å². The molecule has 1 saturated carbocycles. The van der Waals surface area contributed by atoms with E-state index in [1.54, 1.807) is 11.9 Å². The van der Waals surface area contributed by atoms with Crippen LogP contribution in [0.15, 0.2) is 0 Å². The smallest absolute Gasteiger partial charge is 0.251 e. The second kappa shape index (κ2) is 6.14. The highest BCUT2D eigenvalue weighted by Gasteiger charge is 2.32. The average Bonchev–Trinajstić information content (AvgIpc) is 2.17. The first-order valence-electron chi connectivity index (χ1n) is 5.61. The van der Waals surface area contributed by atoms with E-state index in [2.05, 4.69) is 15.9 Å². The third-order valence-electron chi connectivity index (χ3n) is 3.25. The van der Waals surface area contributed by atoms with Crippen LogP contribution < -0.4 is 0 Å². The Kier molecular flexibility index (Phi) is 5.47. The van der Waals surface area contributed by atoms with Gasteiger partial charge in [-0.3, -0.25) is 0 Å². The molecule has 0 spiro atoms. The molecular weight excluding hydrogens is 264 g/mol. The molecular formula is C11H20BrF2N. The number of alkyl halides is 3. The molecule has 0 N–H and O–H groups in total. The van der Waals surface area contributed by atoms with E-state index in [-0.39, 0.29) is 12.0 Å². The molecule has 1 aliphatic rings. The van der Waals surface area contributed by atoms with E-state index in [1.807, 2.05) is 0 Å². The van der Waals surface area contributed by atoms with Crippen molar-refractivity contribution in [2.75, 3.05) is 25.5 Å². The van der Waals surface area contributed by atoms with Crippen LogP contribution in [-0.2, 0) is 0 Å². The summed E-state index contributed by atoms with van der Waals surface area (Å²) in [5.74, 6) is 0. The molecule has 1 nitrogen and oxygen atoms in total. The zero-order valence-electron chi connectivity index (χ0n) is 9.32. The molecule has 0 aromatic heterocycles. The first kappa shape index (κ1) is 13.4. The summed E-state index contributed by atoms with van der Waals surface area (Å²) in [5, 5.41) is 0.938. The van der Waals surface area contributed by atoms with Crippen molar-refractivity contribution in [1.82, 2.24) is 4.90 Å². The van der Waals surface area contributed by atoms with Crippen LogP contribution >= 0.6 is 15.9 Å². The Morgan fingerprint density at radius 3 is 2.33 bits per heavy atom. The third-order valence-corrected chi connectivity index (χ3v) is 4.44. The highest BCUT2D eigenvalue weighted by Crippen LogP contribution is 2.38. The minimum absolute atomic E-state index is 0.102. The molecule has 0 unspecified atom stereocenters. The maximum absolute atomic E-state index is 12.2. The van der Waals surface area contributed by atoms with Crippen molar-refractivity contribution in [3.05, 3.63) is 0 Å². The lowest BCUT2D eigenvalue weighted by molar-refractivity contribution is 0.0695. The van der Waals surface area contributed by atoms with Gasteiger partial charge in [0.15, 0.2) is 0 Å². The minimum atomic E-state index is -2.22. The average molecular weight is 284 g/mol. The third kappa shape index (κ3) is 4.35. The van der Waals surface area contributed by atoms with Crippen LogP contribution in [0.3, 0.4) is 0 Å². The van der Waals surface area contributed by atoms with Gasteiger partial charge in [0.25, 0.3) is 6.43 Å². The van der Waals surface area contributed by atoms with Gasteiger partial charge in [0, 0.05) is 11.9 Å². The minimum Gasteiger partial charge on any atom is -0.300 e. The zero-order valence-corrected chi connectivity index (χ0v) is 10.9. The largest absolute Gasteiger partial charge is 0.300 e. The van der Waals surface area contributed by atoms with Crippen molar-refractivity contribution >= 4 is 15.9 Å². The van der Waals surface area contributed by atoms with E-state index < -0.39 is 6.43 Å². The van der Waals surface area contributed by atoms with Crippen molar-refractivity contribution in [3.8, 4) is 0 Å². The molecule has 0 atom stereocenters. The summed E-state index contributed by atoms with van der Waals surface area (Å²) in [6.45, 7) is 0.692. The summed E-state index contributed by atoms with van der Waals surface area (Å²) in [7, 11) is 1.80. The molecule has 0 saturated heterocycles. The second-order valence-electron chi connectivity index (χ2n) is 4.78. The number of hydrogen-bond acceptors (Lipinski definition) is 1. The fraction of sp³-hybridized carbons (Fsp3) is 1.00. The number of nitrogens with zero attached hydrogens (tertiary/aromatic N) is 1. The van der Waals surface area contributed by atoms with Crippen molar-refractivity contribution in [1.29, 1.82) is 0 Å². The van der Waals surface area contributed by atoms with Crippen molar-refractivity contribution < 1.29 is 8.78 Å². The van der Waals surface area contributed by atoms with Crippen LogP contribution in [0.5, 0.6) is 0 Å². The van der Waals surface area contributed by atoms with Gasteiger partial charge < -0.3 is 4.90 Å². The topological polar surface area (TPSA) is 3.24 Å². The highest BCUT2D eigenvalue weighted by atomic mass is 79.9. The number of rotatable bonds is 5. The quantitative estimate of drug-likeness (QED) is 0.698. The Morgan fingerprint density at radius 1 is 1.27 bits per heavy atom. The predicted octanol–water partition coefficient (Wildman–Crippen LogP) is 3.53. The van der Waals surface area contributed by atoms with Gasteiger partial charge in [-0.15, -0.1) is 0 Å². The van der Waals surface area contributed by atoms with E-state index in [4.69, 9.17) is 0 Å². The summed E-state index contributed by atoms with van der Waals surface area (Å²) in [6, 6.07) is 0. The molecule has 4 heteroatoms. The highest BCUT2D eigenvalue weighted by molar-refractivity contribution is 9.09. The van der Waals surface area contributed by atoms with Gasteiger partial charge in [-0.05, 0) is 25.3 Å². The van der Waals surface area contributed by atoms with Gasteiger partial charge in [-0.25, -0.2) is 8.78 Å². The van der Waals surface area contributed by atoms with Crippen LogP contribution in [0.1, 0.15) is 32.1 Å². The van der Waals surface area contributed by atoms with Gasteiger partial charge in [-0.2, -0.15) is 0 Å². The number of halogens is 3. The SMILES string of the molecule is CN(CC(F)F)CC1(CBr)CCCCC1. The summed E-state index contributed by atoms with van der Waals surface area (Å²) in [5.41, 5.74) is 0.238. The molecule has 0 aromatic carbocycles. The van der Waals surface area contributed by atoms with Crippen LogP contribution in [-0.4, -0.2) is 36.8 Å². The Bertz CT molecular complexity index is 181. The summed E-state index contributed by atoms with van der Waals surface area (Å²) in [4.78, 5) is 1.78. The van der Waals surface area contributed by atoms with Crippen molar-refractivity contribution in [2.24, 2.45) is 5.41 Å². The van der Waals surface area contributed by atoms with E-state index in [9.17, 15) is 8.78 Å². The molecule has 0 bridgehead atoms. The first-order valence-corrected chi connectivity index (χ1v) is 6.73. The number of hydrogen-bond donors (Lipinski definition) is 0. The molecule has 0 amide bonds. The molecule has 1 rings (SSSR count). The standard InChI is InChI=1S/C11H20BrF2N/c1-15(7-10(13)14)9-11(8-12)5-3-2-4-6-11/h10H,2-9H2,1H3. The Morgan fingerprint density at radius 2 is 1.87 bits per heavy atom. The van der Waals surface area contributed by atoms with Crippen molar-refractivity contribution in [3.63, 3.8) is 0 Å². The van der Waals surface area contributed by atoms with E-state index in [0.717, 1.165) is 11.9 Å². The van der Waals surface area contributed by atoms with E-state index in [1.165, 1.54) is 32.1 Å². The molecule has 1 aliphatic carbocycles. The molecule has 0 radical (unpaired) electrons. The fourth-order valence-corrected chi connectivity index (χ4v) is 3.25. The predicted molar refractivity (Wildman–Crippen MR) is 62.8 cm³/mol.